The zero-order chi connectivity index (χ0) is 38.0. The van der Waals surface area contributed by atoms with Gasteiger partial charge < -0.3 is 5.11 Å². The van der Waals surface area contributed by atoms with Crippen LogP contribution in [0.25, 0.3) is 44.1 Å². The van der Waals surface area contributed by atoms with Gasteiger partial charge in [-0.1, -0.05) is 110 Å². The molecule has 0 amide bonds. The van der Waals surface area contributed by atoms with Crippen LogP contribution in [0.5, 0.6) is 0 Å². The maximum Gasteiger partial charge on any atom is 0.164 e. The van der Waals surface area contributed by atoms with Crippen LogP contribution in [-0.2, 0) is 31.3 Å². The number of rotatable bonds is 9. The van der Waals surface area contributed by atoms with E-state index in [1.54, 1.807) is 24.5 Å². The van der Waals surface area contributed by atoms with Crippen LogP contribution in [0.2, 0.25) is 0 Å². The van der Waals surface area contributed by atoms with Gasteiger partial charge in [0.15, 0.2) is 5.78 Å². The minimum Gasteiger partial charge on any atom is -0.512 e. The second-order valence-electron chi connectivity index (χ2n) is 13.7. The second kappa shape index (κ2) is 16.0. The van der Waals surface area contributed by atoms with E-state index in [1.165, 1.54) is 11.6 Å². The van der Waals surface area contributed by atoms with Crippen molar-refractivity contribution in [3.63, 3.8) is 0 Å². The van der Waals surface area contributed by atoms with E-state index >= 15 is 0 Å². The molecule has 1 N–H and O–H groups in total. The molecule has 0 unspecified atom stereocenters. The number of carbonyl (C=O) groups excluding carboxylic acids is 1. The van der Waals surface area contributed by atoms with E-state index in [2.05, 4.69) is 55.0 Å². The van der Waals surface area contributed by atoms with Crippen molar-refractivity contribution in [2.24, 2.45) is 16.7 Å². The van der Waals surface area contributed by atoms with Crippen LogP contribution < -0.4 is 0 Å². The number of fused-ring (bicyclic) bond motifs is 3. The van der Waals surface area contributed by atoms with Crippen LogP contribution in [0.15, 0.2) is 90.8 Å². The molecule has 0 fully saturated rings. The molecule has 1 radical (unpaired) electrons. The zero-order valence-electron chi connectivity index (χ0n) is 34.0. The van der Waals surface area contributed by atoms with Crippen LogP contribution in [0.4, 0.5) is 0 Å². The minimum absolute atomic E-state index is 0. The average Bonchev–Trinajstić information content (AvgIpc) is 3.09. The normalized spacial score (nSPS) is 13.6. The SMILES string of the molecule is CCC(C)(C)C(=O)/C=C(\O)C(C)(C)CC.[2H]c1c([2H])c([2H])c(-c2cc[c-]c(-c3ncnc4c3ccc3cc(CC(C)C)cc(C)c34)c2)c([2H])c1[2H].[Ir]. The summed E-state index contributed by atoms with van der Waals surface area (Å²) in [5.74, 6) is 0.766. The number of ketones is 1. The number of nitrogens with zero attached hydrogens (tertiary/aromatic N) is 2. The van der Waals surface area contributed by atoms with Crippen molar-refractivity contribution in [1.82, 2.24) is 9.97 Å². The Kier molecular flexibility index (Phi) is 10.4. The third kappa shape index (κ3) is 9.03. The summed E-state index contributed by atoms with van der Waals surface area (Å²) in [6, 6.07) is 15.4. The summed E-state index contributed by atoms with van der Waals surface area (Å²) < 4.78 is 40.6. The van der Waals surface area contributed by atoms with Gasteiger partial charge in [-0.25, -0.2) is 4.98 Å². The molecule has 0 atom stereocenters. The van der Waals surface area contributed by atoms with Crippen molar-refractivity contribution in [2.45, 2.75) is 81.6 Å². The Morgan fingerprint density at radius 3 is 2.28 bits per heavy atom. The molecule has 0 aliphatic carbocycles. The Balaban J connectivity index is 0.000000389. The largest absolute Gasteiger partial charge is 0.512 e. The summed E-state index contributed by atoms with van der Waals surface area (Å²) in [5, 5.41) is 12.9. The smallest absolute Gasteiger partial charge is 0.164 e. The molecule has 4 aromatic carbocycles. The maximum atomic E-state index is 11.8. The van der Waals surface area contributed by atoms with E-state index in [-0.39, 0.29) is 72.2 Å². The molecule has 5 rings (SSSR count). The van der Waals surface area contributed by atoms with Gasteiger partial charge in [-0.3, -0.25) is 9.78 Å². The number of benzene rings is 4. The van der Waals surface area contributed by atoms with Gasteiger partial charge in [0.1, 0.15) is 12.1 Å². The first-order valence-electron chi connectivity index (χ1n) is 18.6. The first kappa shape index (κ1) is 30.7. The fraction of sp³-hybridized carbons (Fsp3) is 0.357. The summed E-state index contributed by atoms with van der Waals surface area (Å²) >= 11 is 0. The summed E-state index contributed by atoms with van der Waals surface area (Å²) in [4.78, 5) is 21.0. The van der Waals surface area contributed by atoms with Crippen molar-refractivity contribution < 1.29 is 36.9 Å². The van der Waals surface area contributed by atoms with E-state index in [0.717, 1.165) is 46.5 Å². The van der Waals surface area contributed by atoms with Crippen LogP contribution >= 0.6 is 0 Å². The molecule has 5 aromatic rings. The Morgan fingerprint density at radius 1 is 0.957 bits per heavy atom. The van der Waals surface area contributed by atoms with E-state index in [0.29, 0.717) is 22.7 Å². The number of aliphatic hydroxyl groups excluding tert-OH is 1. The number of carbonyl (C=O) groups is 1. The van der Waals surface area contributed by atoms with Gasteiger partial charge in [-0.2, -0.15) is 0 Å². The summed E-state index contributed by atoms with van der Waals surface area (Å²) in [6.07, 6.45) is 5.55. The van der Waals surface area contributed by atoms with Crippen molar-refractivity contribution in [1.29, 1.82) is 0 Å². The molecule has 0 saturated carbocycles. The molecule has 0 aliphatic rings. The van der Waals surface area contributed by atoms with E-state index < -0.39 is 6.04 Å². The number of hydrogen-bond acceptors (Lipinski definition) is 4. The molecule has 0 aliphatic heterocycles. The molecular weight excluding hydrogens is 757 g/mol. The molecule has 5 heteroatoms. The number of hydrogen-bond donors (Lipinski definition) is 1. The van der Waals surface area contributed by atoms with Crippen LogP contribution in [-0.4, -0.2) is 20.9 Å². The standard InChI is InChI=1S/C29H25N2.C13H24O2.Ir/c1-19(2)14-21-15-20(3)27-24(16-21)12-13-26-28(30-18-31-29(26)27)25-11-7-10-23(17-25)22-8-5-4-6-9-22;1-7-12(3,4)10(14)9-11(15)13(5,6)8-2;/h4-10,12-13,15-19H,14H2,1-3H3;9,14H,7-8H2,1-6H3;/q-1;;/b;10-9-;/i4D,5D,6D,8D,9D;;. The van der Waals surface area contributed by atoms with Crippen molar-refractivity contribution in [3.8, 4) is 22.4 Å². The van der Waals surface area contributed by atoms with Gasteiger partial charge in [-0.05, 0) is 65.3 Å². The van der Waals surface area contributed by atoms with Gasteiger partial charge in [0.25, 0.3) is 0 Å². The minimum atomic E-state index is -0.405. The van der Waals surface area contributed by atoms with Gasteiger partial charge in [-0.15, -0.1) is 35.4 Å². The number of aryl methyl sites for hydroxylation is 1. The van der Waals surface area contributed by atoms with Gasteiger partial charge in [0.05, 0.1) is 12.4 Å². The van der Waals surface area contributed by atoms with Crippen LogP contribution in [0.1, 0.15) is 86.2 Å². The van der Waals surface area contributed by atoms with Crippen molar-refractivity contribution in [2.75, 3.05) is 0 Å². The zero-order valence-corrected chi connectivity index (χ0v) is 31.4. The Hall–Kier alpha value is -3.66. The number of aliphatic hydroxyl groups is 1. The molecule has 1 heterocycles. The first-order chi connectivity index (χ1) is 23.8. The summed E-state index contributed by atoms with van der Waals surface area (Å²) in [5.41, 5.74) is 4.67. The third-order valence-electron chi connectivity index (χ3n) is 8.86. The van der Waals surface area contributed by atoms with E-state index in [1.807, 2.05) is 47.6 Å². The Bertz CT molecular complexity index is 2110. The molecule has 0 bridgehead atoms. The molecule has 0 saturated heterocycles. The molecule has 0 spiro atoms. The quantitative estimate of drug-likeness (QED) is 0.0697. The fourth-order valence-electron chi connectivity index (χ4n) is 5.10. The molecule has 1 aromatic heterocycles. The van der Waals surface area contributed by atoms with Crippen molar-refractivity contribution in [3.05, 3.63) is 108 Å². The molecule has 47 heavy (non-hydrogen) atoms. The average molecular weight is 811 g/mol. The van der Waals surface area contributed by atoms with Gasteiger partial charge in [0.2, 0.25) is 0 Å². The fourth-order valence-corrected chi connectivity index (χ4v) is 5.10. The summed E-state index contributed by atoms with van der Waals surface area (Å²) in [7, 11) is 0. The maximum absolute atomic E-state index is 11.8. The predicted octanol–water partition coefficient (Wildman–Crippen LogP) is 11.3. The Labute approximate surface area is 302 Å². The van der Waals surface area contributed by atoms with E-state index in [4.69, 9.17) is 6.85 Å². The summed E-state index contributed by atoms with van der Waals surface area (Å²) in [6.45, 7) is 18.2. The molecular formula is C42H49IrN2O2-. The topological polar surface area (TPSA) is 63.1 Å². The third-order valence-corrected chi connectivity index (χ3v) is 8.86. The Morgan fingerprint density at radius 2 is 1.64 bits per heavy atom. The predicted molar refractivity (Wildman–Crippen MR) is 194 cm³/mol. The van der Waals surface area contributed by atoms with Gasteiger partial charge >= 0.3 is 0 Å². The number of aromatic nitrogens is 2. The van der Waals surface area contributed by atoms with E-state index in [9.17, 15) is 9.90 Å². The molecule has 249 valence electrons. The molecule has 4 nitrogen and oxygen atoms in total. The van der Waals surface area contributed by atoms with Crippen LogP contribution in [0.3, 0.4) is 0 Å². The number of allylic oxidation sites excluding steroid dienone is 2. The first-order valence-corrected chi connectivity index (χ1v) is 16.1. The van der Waals surface area contributed by atoms with Crippen LogP contribution in [0, 0.1) is 29.7 Å². The monoisotopic (exact) mass is 811 g/mol. The second-order valence-corrected chi connectivity index (χ2v) is 13.7. The van der Waals surface area contributed by atoms with Crippen molar-refractivity contribution >= 4 is 27.5 Å². The van der Waals surface area contributed by atoms with Gasteiger partial charge in [0, 0.05) is 42.4 Å².